The molecule has 2 rings (SSSR count). The van der Waals surface area contributed by atoms with Gasteiger partial charge in [-0.25, -0.2) is 8.78 Å². The van der Waals surface area contributed by atoms with E-state index in [2.05, 4.69) is 15.9 Å². The summed E-state index contributed by atoms with van der Waals surface area (Å²) < 4.78 is 28.0. The number of hydrogen-bond donors (Lipinski definition) is 1. The van der Waals surface area contributed by atoms with Crippen LogP contribution in [0.5, 0.6) is 0 Å². The van der Waals surface area contributed by atoms with Crippen molar-refractivity contribution in [1.82, 2.24) is 0 Å². The molecule has 0 spiro atoms. The summed E-state index contributed by atoms with van der Waals surface area (Å²) in [5, 5.41) is 9.09. The third-order valence-corrected chi connectivity index (χ3v) is 3.88. The molecule has 0 saturated heterocycles. The van der Waals surface area contributed by atoms with Crippen molar-refractivity contribution in [3.8, 4) is 0 Å². The van der Waals surface area contributed by atoms with Crippen LogP contribution < -0.4 is 0 Å². The minimum atomic E-state index is -2.65. The van der Waals surface area contributed by atoms with E-state index in [0.717, 1.165) is 10.0 Å². The molecule has 1 N–H and O–H groups in total. The van der Waals surface area contributed by atoms with Crippen LogP contribution in [0.1, 0.15) is 30.7 Å². The molecule has 94 valence electrons. The normalized spacial score (nSPS) is 28.0. The van der Waals surface area contributed by atoms with Gasteiger partial charge in [-0.3, -0.25) is 0 Å². The van der Waals surface area contributed by atoms with E-state index >= 15 is 0 Å². The summed E-state index contributed by atoms with van der Waals surface area (Å²) in [5.74, 6) is -3.08. The second-order valence-corrected chi connectivity index (χ2v) is 5.71. The molecule has 0 aromatic heterocycles. The Balaban J connectivity index is 2.17. The highest BCUT2D eigenvalue weighted by molar-refractivity contribution is 9.10. The van der Waals surface area contributed by atoms with Gasteiger partial charge in [0.2, 0.25) is 5.92 Å². The molecule has 0 heterocycles. The third kappa shape index (κ3) is 3.26. The zero-order valence-corrected chi connectivity index (χ0v) is 11.0. The van der Waals surface area contributed by atoms with Crippen molar-refractivity contribution < 1.29 is 13.9 Å². The first kappa shape index (κ1) is 13.0. The second-order valence-electron chi connectivity index (χ2n) is 4.80. The Hall–Kier alpha value is -0.480. The van der Waals surface area contributed by atoms with Crippen molar-refractivity contribution in [2.24, 2.45) is 5.92 Å². The zero-order chi connectivity index (χ0) is 12.5. The number of alkyl halides is 2. The molecule has 2 atom stereocenters. The smallest absolute Gasteiger partial charge is 0.249 e. The summed E-state index contributed by atoms with van der Waals surface area (Å²) in [6.07, 6.45) is 0.357. The quantitative estimate of drug-likeness (QED) is 0.877. The van der Waals surface area contributed by atoms with Gasteiger partial charge in [-0.15, -0.1) is 0 Å². The maximum absolute atomic E-state index is 13.5. The maximum Gasteiger partial charge on any atom is 0.249 e. The summed E-state index contributed by atoms with van der Waals surface area (Å²) in [6.45, 7) is -0.150. The van der Waals surface area contributed by atoms with E-state index < -0.39 is 5.92 Å². The fraction of sp³-hybridized carbons (Fsp3) is 0.538. The number of rotatable bonds is 2. The van der Waals surface area contributed by atoms with Crippen molar-refractivity contribution in [2.75, 3.05) is 6.61 Å². The molecule has 4 heteroatoms. The lowest BCUT2D eigenvalue weighted by Gasteiger charge is -2.34. The lowest BCUT2D eigenvalue weighted by atomic mass is 9.76. The van der Waals surface area contributed by atoms with Gasteiger partial charge in [-0.1, -0.05) is 28.1 Å². The average Bonchev–Trinajstić information content (AvgIpc) is 2.27. The Kier molecular flexibility index (Phi) is 3.83. The maximum atomic E-state index is 13.5. The van der Waals surface area contributed by atoms with Gasteiger partial charge in [0.1, 0.15) is 0 Å². The SMILES string of the molecule is OCC1CC(c2ccc(Br)cc2)CC(F)(F)C1. The summed E-state index contributed by atoms with van der Waals surface area (Å²) in [6, 6.07) is 7.50. The Morgan fingerprint density at radius 2 is 1.88 bits per heavy atom. The molecule has 1 aliphatic carbocycles. The topological polar surface area (TPSA) is 20.2 Å². The Morgan fingerprint density at radius 3 is 2.47 bits per heavy atom. The number of aliphatic hydroxyl groups is 1. The van der Waals surface area contributed by atoms with Gasteiger partial charge in [0.05, 0.1) is 0 Å². The van der Waals surface area contributed by atoms with Crippen molar-refractivity contribution in [3.05, 3.63) is 34.3 Å². The van der Waals surface area contributed by atoms with E-state index in [1.807, 2.05) is 24.3 Å². The molecule has 1 saturated carbocycles. The van der Waals surface area contributed by atoms with Gasteiger partial charge in [0.15, 0.2) is 0 Å². The van der Waals surface area contributed by atoms with E-state index in [9.17, 15) is 8.78 Å². The molecular weight excluding hydrogens is 290 g/mol. The average molecular weight is 305 g/mol. The number of aliphatic hydroxyl groups excluding tert-OH is 1. The van der Waals surface area contributed by atoms with Crippen LogP contribution in [0.15, 0.2) is 28.7 Å². The summed E-state index contributed by atoms with van der Waals surface area (Å²) in [5.41, 5.74) is 0.936. The first-order chi connectivity index (χ1) is 8.00. The predicted molar refractivity (Wildman–Crippen MR) is 66.3 cm³/mol. The lowest BCUT2D eigenvalue weighted by molar-refractivity contribution is -0.0677. The van der Waals surface area contributed by atoms with Gasteiger partial charge in [-0.2, -0.15) is 0 Å². The summed E-state index contributed by atoms with van der Waals surface area (Å²) in [7, 11) is 0. The fourth-order valence-corrected chi connectivity index (χ4v) is 2.83. The fourth-order valence-electron chi connectivity index (χ4n) is 2.56. The molecule has 1 aromatic rings. The van der Waals surface area contributed by atoms with Gasteiger partial charge in [0.25, 0.3) is 0 Å². The lowest BCUT2D eigenvalue weighted by Crippen LogP contribution is -2.32. The number of halogens is 3. The first-order valence-electron chi connectivity index (χ1n) is 5.74. The summed E-state index contributed by atoms with van der Waals surface area (Å²) >= 11 is 3.33. The molecular formula is C13H15BrF2O. The van der Waals surface area contributed by atoms with Gasteiger partial charge in [0, 0.05) is 23.9 Å². The van der Waals surface area contributed by atoms with Crippen LogP contribution in [0, 0.1) is 5.92 Å². The van der Waals surface area contributed by atoms with Crippen molar-refractivity contribution in [1.29, 1.82) is 0 Å². The molecule has 0 aliphatic heterocycles. The molecule has 17 heavy (non-hydrogen) atoms. The standard InChI is InChI=1S/C13H15BrF2O/c14-12-3-1-10(2-4-12)11-5-9(8-17)6-13(15,16)7-11/h1-4,9,11,17H,5-8H2. The zero-order valence-electron chi connectivity index (χ0n) is 9.37. The van der Waals surface area contributed by atoms with Crippen LogP contribution in [0.3, 0.4) is 0 Å². The second kappa shape index (κ2) is 5.02. The van der Waals surface area contributed by atoms with Crippen molar-refractivity contribution >= 4 is 15.9 Å². The molecule has 0 amide bonds. The van der Waals surface area contributed by atoms with Crippen molar-refractivity contribution in [2.45, 2.75) is 31.1 Å². The molecule has 2 unspecified atom stereocenters. The monoisotopic (exact) mass is 304 g/mol. The van der Waals surface area contributed by atoms with Gasteiger partial charge in [-0.05, 0) is 36.0 Å². The Labute approximate surface area is 108 Å². The predicted octanol–water partition coefficient (Wildman–Crippen LogP) is 3.96. The number of benzene rings is 1. The van der Waals surface area contributed by atoms with E-state index in [4.69, 9.17) is 5.11 Å². The van der Waals surface area contributed by atoms with E-state index in [0.29, 0.717) is 6.42 Å². The van der Waals surface area contributed by atoms with Crippen LogP contribution in [-0.4, -0.2) is 17.6 Å². The minimum absolute atomic E-state index is 0.106. The Bertz CT molecular complexity index is 378. The molecule has 0 radical (unpaired) electrons. The molecule has 1 nitrogen and oxygen atoms in total. The van der Waals surface area contributed by atoms with Crippen LogP contribution in [-0.2, 0) is 0 Å². The van der Waals surface area contributed by atoms with E-state index in [1.54, 1.807) is 0 Å². The third-order valence-electron chi connectivity index (χ3n) is 3.35. The summed E-state index contributed by atoms with van der Waals surface area (Å²) in [4.78, 5) is 0. The molecule has 0 bridgehead atoms. The van der Waals surface area contributed by atoms with Gasteiger partial charge >= 0.3 is 0 Å². The van der Waals surface area contributed by atoms with Crippen LogP contribution >= 0.6 is 15.9 Å². The number of hydrogen-bond acceptors (Lipinski definition) is 1. The highest BCUT2D eigenvalue weighted by atomic mass is 79.9. The molecule has 1 aliphatic rings. The first-order valence-corrected chi connectivity index (χ1v) is 6.53. The van der Waals surface area contributed by atoms with E-state index in [1.165, 1.54) is 0 Å². The van der Waals surface area contributed by atoms with Gasteiger partial charge < -0.3 is 5.11 Å². The van der Waals surface area contributed by atoms with E-state index in [-0.39, 0.29) is 31.3 Å². The van der Waals surface area contributed by atoms with Crippen LogP contribution in [0.4, 0.5) is 8.78 Å². The van der Waals surface area contributed by atoms with Crippen LogP contribution in [0.25, 0.3) is 0 Å². The van der Waals surface area contributed by atoms with Crippen molar-refractivity contribution in [3.63, 3.8) is 0 Å². The minimum Gasteiger partial charge on any atom is -0.396 e. The largest absolute Gasteiger partial charge is 0.396 e. The highest BCUT2D eigenvalue weighted by Gasteiger charge is 2.41. The van der Waals surface area contributed by atoms with Crippen LogP contribution in [0.2, 0.25) is 0 Å². The molecule has 1 fully saturated rings. The molecule has 1 aromatic carbocycles. The highest BCUT2D eigenvalue weighted by Crippen LogP contribution is 2.44. The Morgan fingerprint density at radius 1 is 1.24 bits per heavy atom.